The maximum atomic E-state index is 11.9. The van der Waals surface area contributed by atoms with E-state index in [-0.39, 0.29) is 5.78 Å². The van der Waals surface area contributed by atoms with Gasteiger partial charge in [-0.3, -0.25) is 9.78 Å². The number of thiazole rings is 1. The molecular formula is C11H9BrN2OS. The van der Waals surface area contributed by atoms with Crippen LogP contribution < -0.4 is 0 Å². The normalized spacial score (nSPS) is 10.4. The fourth-order valence-corrected chi connectivity index (χ4v) is 2.54. The number of hydrogen-bond acceptors (Lipinski definition) is 4. The van der Waals surface area contributed by atoms with Crippen LogP contribution in [-0.2, 0) is 6.42 Å². The van der Waals surface area contributed by atoms with E-state index in [1.807, 2.05) is 18.4 Å². The third-order valence-electron chi connectivity index (χ3n) is 2.00. The van der Waals surface area contributed by atoms with Crippen LogP contribution in [0.1, 0.15) is 21.2 Å². The summed E-state index contributed by atoms with van der Waals surface area (Å²) in [5.74, 6) is -0.0122. The van der Waals surface area contributed by atoms with Crippen molar-refractivity contribution in [2.45, 2.75) is 13.3 Å². The molecule has 2 heterocycles. The van der Waals surface area contributed by atoms with Gasteiger partial charge in [0.2, 0.25) is 0 Å². The molecule has 82 valence electrons. The Balaban J connectivity index is 2.18. The predicted molar refractivity (Wildman–Crippen MR) is 66.8 cm³/mol. The standard InChI is InChI=1S/C11H9BrN2OS/c1-7-6-16-10(14-7)5-9(15)11-8(12)3-2-4-13-11/h2-4,6H,5H2,1H3. The van der Waals surface area contributed by atoms with Gasteiger partial charge in [0, 0.05) is 21.7 Å². The number of aryl methyl sites for hydroxylation is 1. The summed E-state index contributed by atoms with van der Waals surface area (Å²) in [7, 11) is 0. The second kappa shape index (κ2) is 4.84. The number of carbonyl (C=O) groups is 1. The van der Waals surface area contributed by atoms with Crippen LogP contribution in [0.25, 0.3) is 0 Å². The van der Waals surface area contributed by atoms with Crippen molar-refractivity contribution >= 4 is 33.0 Å². The number of Topliss-reactive ketones (excluding diaryl/α,β-unsaturated/α-hetero) is 1. The lowest BCUT2D eigenvalue weighted by atomic mass is 10.2. The van der Waals surface area contributed by atoms with Gasteiger partial charge in [-0.25, -0.2) is 4.98 Å². The SMILES string of the molecule is Cc1csc(CC(=O)c2ncccc2Br)n1. The van der Waals surface area contributed by atoms with Crippen LogP contribution in [0.15, 0.2) is 28.2 Å². The monoisotopic (exact) mass is 296 g/mol. The molecule has 0 atom stereocenters. The molecule has 2 aromatic heterocycles. The van der Waals surface area contributed by atoms with Crippen LogP contribution in [0.5, 0.6) is 0 Å². The van der Waals surface area contributed by atoms with Gasteiger partial charge in [0.05, 0.1) is 6.42 Å². The highest BCUT2D eigenvalue weighted by atomic mass is 79.9. The Morgan fingerprint density at radius 2 is 2.38 bits per heavy atom. The van der Waals surface area contributed by atoms with Crippen LogP contribution in [0.4, 0.5) is 0 Å². The lowest BCUT2D eigenvalue weighted by molar-refractivity contribution is 0.0987. The van der Waals surface area contributed by atoms with Gasteiger partial charge < -0.3 is 0 Å². The highest BCUT2D eigenvalue weighted by molar-refractivity contribution is 9.10. The van der Waals surface area contributed by atoms with E-state index in [2.05, 4.69) is 25.9 Å². The molecule has 16 heavy (non-hydrogen) atoms. The van der Waals surface area contributed by atoms with E-state index in [0.717, 1.165) is 15.2 Å². The Morgan fingerprint density at radius 1 is 1.56 bits per heavy atom. The molecule has 3 nitrogen and oxygen atoms in total. The van der Waals surface area contributed by atoms with Gasteiger partial charge in [0.25, 0.3) is 0 Å². The Bertz CT molecular complexity index is 524. The summed E-state index contributed by atoms with van der Waals surface area (Å²) in [4.78, 5) is 20.2. The fourth-order valence-electron chi connectivity index (χ4n) is 1.30. The first-order valence-electron chi connectivity index (χ1n) is 4.71. The number of aromatic nitrogens is 2. The number of nitrogens with zero attached hydrogens (tertiary/aromatic N) is 2. The molecule has 0 saturated heterocycles. The Labute approximate surface area is 106 Å². The zero-order valence-corrected chi connectivity index (χ0v) is 11.0. The van der Waals surface area contributed by atoms with Gasteiger partial charge in [-0.2, -0.15) is 0 Å². The van der Waals surface area contributed by atoms with Crippen molar-refractivity contribution in [3.63, 3.8) is 0 Å². The molecule has 0 spiro atoms. The van der Waals surface area contributed by atoms with E-state index in [1.165, 1.54) is 11.3 Å². The average molecular weight is 297 g/mol. The zero-order valence-electron chi connectivity index (χ0n) is 8.61. The summed E-state index contributed by atoms with van der Waals surface area (Å²) in [6, 6.07) is 3.60. The van der Waals surface area contributed by atoms with Gasteiger partial charge in [0.1, 0.15) is 10.7 Å². The van der Waals surface area contributed by atoms with Crippen LogP contribution in [-0.4, -0.2) is 15.8 Å². The van der Waals surface area contributed by atoms with Crippen LogP contribution >= 0.6 is 27.3 Å². The quantitative estimate of drug-likeness (QED) is 0.818. The maximum Gasteiger partial charge on any atom is 0.189 e. The molecule has 0 unspecified atom stereocenters. The Kier molecular flexibility index (Phi) is 3.46. The minimum atomic E-state index is -0.0122. The number of halogens is 1. The van der Waals surface area contributed by atoms with Crippen molar-refractivity contribution < 1.29 is 4.79 Å². The highest BCUT2D eigenvalue weighted by Gasteiger charge is 2.13. The fraction of sp³-hybridized carbons (Fsp3) is 0.182. The molecule has 2 rings (SSSR count). The van der Waals surface area contributed by atoms with E-state index < -0.39 is 0 Å². The molecule has 0 aliphatic carbocycles. The summed E-state index contributed by atoms with van der Waals surface area (Å²) in [5, 5.41) is 2.77. The maximum absolute atomic E-state index is 11.9. The highest BCUT2D eigenvalue weighted by Crippen LogP contribution is 2.17. The molecule has 0 radical (unpaired) electrons. The van der Waals surface area contributed by atoms with Crippen molar-refractivity contribution in [1.29, 1.82) is 0 Å². The molecule has 0 bridgehead atoms. The Hall–Kier alpha value is -1.07. The van der Waals surface area contributed by atoms with E-state index in [4.69, 9.17) is 0 Å². The van der Waals surface area contributed by atoms with Gasteiger partial charge >= 0.3 is 0 Å². The molecule has 5 heteroatoms. The lowest BCUT2D eigenvalue weighted by Crippen LogP contribution is -2.06. The molecular weight excluding hydrogens is 288 g/mol. The number of carbonyl (C=O) groups excluding carboxylic acids is 1. The van der Waals surface area contributed by atoms with E-state index in [0.29, 0.717) is 12.1 Å². The molecule has 2 aromatic rings. The first kappa shape index (κ1) is 11.4. The van der Waals surface area contributed by atoms with Crippen LogP contribution in [0, 0.1) is 6.92 Å². The van der Waals surface area contributed by atoms with Gasteiger partial charge in [-0.15, -0.1) is 11.3 Å². The van der Waals surface area contributed by atoms with E-state index in [9.17, 15) is 4.79 Å². The third-order valence-corrected chi connectivity index (χ3v) is 3.61. The number of ketones is 1. The van der Waals surface area contributed by atoms with Crippen molar-refractivity contribution in [3.05, 3.63) is 44.6 Å². The molecule has 0 aromatic carbocycles. The smallest absolute Gasteiger partial charge is 0.189 e. The van der Waals surface area contributed by atoms with Crippen molar-refractivity contribution in [3.8, 4) is 0 Å². The van der Waals surface area contributed by atoms with Crippen molar-refractivity contribution in [2.24, 2.45) is 0 Å². The number of pyridine rings is 1. The van der Waals surface area contributed by atoms with Crippen LogP contribution in [0.3, 0.4) is 0 Å². The number of rotatable bonds is 3. The van der Waals surface area contributed by atoms with E-state index in [1.54, 1.807) is 12.3 Å². The molecule has 0 aliphatic rings. The molecule has 0 N–H and O–H groups in total. The summed E-state index contributed by atoms with van der Waals surface area (Å²) < 4.78 is 0.730. The summed E-state index contributed by atoms with van der Waals surface area (Å²) >= 11 is 4.82. The largest absolute Gasteiger partial charge is 0.292 e. The predicted octanol–water partition coefficient (Wildman–Crippen LogP) is 3.03. The molecule has 0 saturated carbocycles. The first-order chi connectivity index (χ1) is 7.66. The van der Waals surface area contributed by atoms with Gasteiger partial charge in [-0.1, -0.05) is 0 Å². The summed E-state index contributed by atoms with van der Waals surface area (Å²) in [6.45, 7) is 1.92. The summed E-state index contributed by atoms with van der Waals surface area (Å²) in [6.07, 6.45) is 1.93. The Morgan fingerprint density at radius 3 is 3.00 bits per heavy atom. The second-order valence-electron chi connectivity index (χ2n) is 3.32. The van der Waals surface area contributed by atoms with Crippen LogP contribution in [0.2, 0.25) is 0 Å². The molecule has 0 fully saturated rings. The van der Waals surface area contributed by atoms with Gasteiger partial charge in [0.15, 0.2) is 5.78 Å². The van der Waals surface area contributed by atoms with Crippen molar-refractivity contribution in [2.75, 3.05) is 0 Å². The lowest BCUT2D eigenvalue weighted by Gasteiger charge is -1.99. The van der Waals surface area contributed by atoms with Gasteiger partial charge in [-0.05, 0) is 35.0 Å². The first-order valence-corrected chi connectivity index (χ1v) is 6.39. The summed E-state index contributed by atoms with van der Waals surface area (Å²) in [5.41, 5.74) is 1.42. The topological polar surface area (TPSA) is 42.9 Å². The third kappa shape index (κ3) is 2.54. The number of hydrogen-bond donors (Lipinski definition) is 0. The van der Waals surface area contributed by atoms with Crippen molar-refractivity contribution in [1.82, 2.24) is 9.97 Å². The average Bonchev–Trinajstić information content (AvgIpc) is 2.64. The zero-order chi connectivity index (χ0) is 11.5. The minimum absolute atomic E-state index is 0.0122. The molecule has 0 aliphatic heterocycles. The molecule has 0 amide bonds. The van der Waals surface area contributed by atoms with E-state index >= 15 is 0 Å². The second-order valence-corrected chi connectivity index (χ2v) is 5.11. The minimum Gasteiger partial charge on any atom is -0.292 e.